The molecule has 0 fully saturated rings. The number of hydrogen-bond donors (Lipinski definition) is 2. The number of nitriles is 1. The summed E-state index contributed by atoms with van der Waals surface area (Å²) in [5, 5.41) is 9.12. The number of hydrogen-bond acceptors (Lipinski definition) is 9. The van der Waals surface area contributed by atoms with Gasteiger partial charge in [-0.3, -0.25) is 4.72 Å². The van der Waals surface area contributed by atoms with Crippen molar-refractivity contribution in [2.45, 2.75) is 13.5 Å². The molecule has 0 saturated carbocycles. The molecule has 0 unspecified atom stereocenters. The van der Waals surface area contributed by atoms with Crippen molar-refractivity contribution in [1.29, 1.82) is 5.26 Å². The minimum atomic E-state index is -3.52. The lowest BCUT2D eigenvalue weighted by atomic mass is 9.99. The fourth-order valence-corrected chi connectivity index (χ4v) is 4.31. The summed E-state index contributed by atoms with van der Waals surface area (Å²) in [6.07, 6.45) is 4.03. The first-order valence-electron chi connectivity index (χ1n) is 9.82. The fourth-order valence-electron chi connectivity index (χ4n) is 3.55. The number of nitrogen functional groups attached to an aromatic ring is 1. The van der Waals surface area contributed by atoms with E-state index in [0.29, 0.717) is 31.2 Å². The summed E-state index contributed by atoms with van der Waals surface area (Å²) in [5.74, 6) is 1.29. The molecule has 0 atom stereocenters. The van der Waals surface area contributed by atoms with Gasteiger partial charge in [0.15, 0.2) is 5.15 Å². The number of halogens is 1. The number of fused-ring (bicyclic) bond motifs is 1. The molecule has 1 aliphatic heterocycles. The zero-order chi connectivity index (χ0) is 23.8. The highest BCUT2D eigenvalue weighted by Crippen LogP contribution is 2.35. The third-order valence-corrected chi connectivity index (χ3v) is 5.89. The molecule has 0 spiro atoms. The normalized spacial score (nSPS) is 13.5. The minimum absolute atomic E-state index is 0.0562. The smallest absolute Gasteiger partial charge is 0.229 e. The summed E-state index contributed by atoms with van der Waals surface area (Å²) in [6, 6.07) is 7.49. The molecule has 0 saturated heterocycles. The van der Waals surface area contributed by atoms with E-state index < -0.39 is 10.0 Å². The maximum atomic E-state index is 11.7. The Hall–Kier alpha value is -3.62. The average Bonchev–Trinajstić information content (AvgIpc) is 2.97. The van der Waals surface area contributed by atoms with Gasteiger partial charge in [-0.15, -0.1) is 0 Å². The first-order chi connectivity index (χ1) is 15.6. The third-order valence-electron chi connectivity index (χ3n) is 5.00. The van der Waals surface area contributed by atoms with Gasteiger partial charge in [-0.05, 0) is 36.2 Å². The maximum Gasteiger partial charge on any atom is 0.229 e. The van der Waals surface area contributed by atoms with E-state index in [1.807, 2.05) is 30.0 Å². The van der Waals surface area contributed by atoms with E-state index in [9.17, 15) is 8.42 Å². The molecule has 0 bridgehead atoms. The highest BCUT2D eigenvalue weighted by molar-refractivity contribution is 7.92. The van der Waals surface area contributed by atoms with Gasteiger partial charge >= 0.3 is 0 Å². The number of sulfonamides is 1. The Bertz CT molecular complexity index is 1390. The number of nitrogens with zero attached hydrogens (tertiary/aromatic N) is 5. The molecule has 3 aromatic rings. The van der Waals surface area contributed by atoms with Gasteiger partial charge in [0, 0.05) is 23.9 Å². The number of aryl methyl sites for hydroxylation is 1. The molecule has 1 aliphatic rings. The lowest BCUT2D eigenvalue weighted by Gasteiger charge is -2.20. The molecule has 170 valence electrons. The van der Waals surface area contributed by atoms with Crippen LogP contribution in [0.5, 0.6) is 5.75 Å². The SMILES string of the molecule is Cc1cc(-c2cnc(Cl)c(NS(C)(=O)=O)c2)cc2c1OCCN(c1ncc(C#N)c(N)n1)C2. The van der Waals surface area contributed by atoms with Crippen LogP contribution in [0.1, 0.15) is 16.7 Å². The van der Waals surface area contributed by atoms with Gasteiger partial charge in [0.05, 0.1) is 24.7 Å². The van der Waals surface area contributed by atoms with Crippen molar-refractivity contribution in [2.24, 2.45) is 0 Å². The fraction of sp³-hybridized carbons (Fsp3) is 0.238. The summed E-state index contributed by atoms with van der Waals surface area (Å²) in [4.78, 5) is 14.6. The van der Waals surface area contributed by atoms with Crippen LogP contribution in [0.4, 0.5) is 17.5 Å². The van der Waals surface area contributed by atoms with Gasteiger partial charge < -0.3 is 15.4 Å². The van der Waals surface area contributed by atoms with Gasteiger partial charge in [0.2, 0.25) is 16.0 Å². The molecule has 12 heteroatoms. The van der Waals surface area contributed by atoms with E-state index in [1.54, 1.807) is 12.3 Å². The topological polar surface area (TPSA) is 147 Å². The van der Waals surface area contributed by atoms with Gasteiger partial charge in [-0.2, -0.15) is 10.2 Å². The quantitative estimate of drug-likeness (QED) is 0.532. The molecule has 4 rings (SSSR count). The summed E-state index contributed by atoms with van der Waals surface area (Å²) in [5.41, 5.74) is 9.59. The van der Waals surface area contributed by atoms with Crippen molar-refractivity contribution in [1.82, 2.24) is 15.0 Å². The maximum absolute atomic E-state index is 11.7. The molecule has 0 radical (unpaired) electrons. The van der Waals surface area contributed by atoms with Crippen molar-refractivity contribution in [3.05, 3.63) is 52.4 Å². The second-order valence-corrected chi connectivity index (χ2v) is 9.68. The van der Waals surface area contributed by atoms with Crippen LogP contribution in [0.2, 0.25) is 5.15 Å². The highest BCUT2D eigenvalue weighted by atomic mass is 35.5. The predicted octanol–water partition coefficient (Wildman–Crippen LogP) is 2.72. The van der Waals surface area contributed by atoms with Crippen molar-refractivity contribution < 1.29 is 13.2 Å². The zero-order valence-corrected chi connectivity index (χ0v) is 19.4. The number of rotatable bonds is 4. The van der Waals surface area contributed by atoms with Crippen molar-refractivity contribution in [3.63, 3.8) is 0 Å². The van der Waals surface area contributed by atoms with Crippen molar-refractivity contribution in [2.75, 3.05) is 34.8 Å². The summed E-state index contributed by atoms with van der Waals surface area (Å²) in [7, 11) is -3.52. The molecule has 10 nitrogen and oxygen atoms in total. The molecule has 3 N–H and O–H groups in total. The molecule has 1 aromatic carbocycles. The Morgan fingerprint density at radius 2 is 2.03 bits per heavy atom. The number of pyridine rings is 1. The second-order valence-electron chi connectivity index (χ2n) is 7.57. The summed E-state index contributed by atoms with van der Waals surface area (Å²) >= 11 is 6.07. The van der Waals surface area contributed by atoms with Crippen LogP contribution in [-0.4, -0.2) is 42.8 Å². The lowest BCUT2D eigenvalue weighted by Crippen LogP contribution is -2.27. The molecular weight excluding hydrogens is 466 g/mol. The van der Waals surface area contributed by atoms with E-state index in [-0.39, 0.29) is 22.2 Å². The van der Waals surface area contributed by atoms with Gasteiger partial charge in [-0.25, -0.2) is 18.4 Å². The second kappa shape index (κ2) is 8.73. The third kappa shape index (κ3) is 4.92. The molecule has 33 heavy (non-hydrogen) atoms. The number of aromatic nitrogens is 3. The first-order valence-corrected chi connectivity index (χ1v) is 12.1. The van der Waals surface area contributed by atoms with Crippen LogP contribution in [0.25, 0.3) is 11.1 Å². The molecule has 0 aliphatic carbocycles. The Morgan fingerprint density at radius 3 is 2.73 bits per heavy atom. The standard InChI is InChI=1S/C21H20ClN7O3S/c1-12-5-13(14-7-17(19(22)25-9-14)28-33(2,30)31)6-15-11-29(3-4-32-18(12)15)21-26-10-16(8-23)20(24)27-21/h5-7,9-10,28H,3-4,11H2,1-2H3,(H2,24,26,27). The van der Waals surface area contributed by atoms with Crippen LogP contribution >= 0.6 is 11.6 Å². The number of anilines is 3. The van der Waals surface area contributed by atoms with E-state index in [2.05, 4.69) is 19.7 Å². The van der Waals surface area contributed by atoms with E-state index in [0.717, 1.165) is 28.7 Å². The van der Waals surface area contributed by atoms with Crippen molar-refractivity contribution in [3.8, 4) is 22.9 Å². The Balaban J connectivity index is 1.72. The van der Waals surface area contributed by atoms with Crippen LogP contribution < -0.4 is 20.1 Å². The van der Waals surface area contributed by atoms with Crippen LogP contribution in [0.3, 0.4) is 0 Å². The zero-order valence-electron chi connectivity index (χ0n) is 17.8. The Labute approximate surface area is 196 Å². The van der Waals surface area contributed by atoms with Gasteiger partial charge in [0.1, 0.15) is 29.8 Å². The van der Waals surface area contributed by atoms with Crippen LogP contribution in [0, 0.1) is 18.3 Å². The monoisotopic (exact) mass is 485 g/mol. The van der Waals surface area contributed by atoms with Gasteiger partial charge in [0.25, 0.3) is 0 Å². The van der Waals surface area contributed by atoms with Gasteiger partial charge in [-0.1, -0.05) is 11.6 Å². The number of benzene rings is 1. The number of nitrogens with one attached hydrogen (secondary N) is 1. The predicted molar refractivity (Wildman–Crippen MR) is 126 cm³/mol. The molecule has 0 amide bonds. The molecular formula is C21H20ClN7O3S. The molecule has 2 aromatic heterocycles. The summed E-state index contributed by atoms with van der Waals surface area (Å²) < 4.78 is 31.7. The van der Waals surface area contributed by atoms with Crippen LogP contribution in [-0.2, 0) is 16.6 Å². The summed E-state index contributed by atoms with van der Waals surface area (Å²) in [6.45, 7) is 3.33. The van der Waals surface area contributed by atoms with E-state index in [1.165, 1.54) is 6.20 Å². The Kier molecular flexibility index (Phi) is 5.97. The van der Waals surface area contributed by atoms with E-state index >= 15 is 0 Å². The van der Waals surface area contributed by atoms with E-state index in [4.69, 9.17) is 27.3 Å². The number of nitrogens with two attached hydrogens (primary N) is 1. The largest absolute Gasteiger partial charge is 0.491 e. The van der Waals surface area contributed by atoms with Crippen molar-refractivity contribution >= 4 is 39.1 Å². The Morgan fingerprint density at radius 1 is 1.24 bits per heavy atom. The molecule has 3 heterocycles. The lowest BCUT2D eigenvalue weighted by molar-refractivity contribution is 0.329. The minimum Gasteiger partial charge on any atom is -0.491 e. The highest BCUT2D eigenvalue weighted by Gasteiger charge is 2.21. The average molecular weight is 486 g/mol. The van der Waals surface area contributed by atoms with Crippen LogP contribution in [0.15, 0.2) is 30.6 Å². The number of ether oxygens (including phenoxy) is 1. The first kappa shape index (κ1) is 22.6.